The smallest absolute Gasteiger partial charge is 0.408 e. The summed E-state index contributed by atoms with van der Waals surface area (Å²) in [7, 11) is 0. The molecule has 0 bridgehead atoms. The normalized spacial score (nSPS) is 10.9. The number of oxazole rings is 1. The number of hydrogen-bond donors (Lipinski definition) is 4. The second-order valence-electron chi connectivity index (χ2n) is 4.78. The molecule has 0 unspecified atom stereocenters. The first-order valence-electron chi connectivity index (χ1n) is 6.50. The van der Waals surface area contributed by atoms with Crippen molar-refractivity contribution in [2.75, 3.05) is 11.1 Å². The molecule has 0 saturated carbocycles. The van der Waals surface area contributed by atoms with Gasteiger partial charge in [-0.15, -0.1) is 0 Å². The zero-order valence-electron chi connectivity index (χ0n) is 11.2. The third-order valence-electron chi connectivity index (χ3n) is 3.28. The Bertz CT molecular complexity index is 818. The molecule has 2 aromatic carbocycles. The van der Waals surface area contributed by atoms with Crippen molar-refractivity contribution in [3.63, 3.8) is 0 Å². The van der Waals surface area contributed by atoms with Crippen LogP contribution in [0.15, 0.2) is 45.6 Å². The third-order valence-corrected chi connectivity index (χ3v) is 3.28. The number of aromatic amines is 1. The Kier molecular flexibility index (Phi) is 3.37. The van der Waals surface area contributed by atoms with Crippen LogP contribution in [0.4, 0.5) is 11.4 Å². The monoisotopic (exact) mass is 285 g/mol. The molecular weight excluding hydrogens is 270 g/mol. The number of aromatic nitrogens is 1. The maximum Gasteiger partial charge on any atom is 0.417 e. The van der Waals surface area contributed by atoms with E-state index < -0.39 is 5.76 Å². The van der Waals surface area contributed by atoms with Crippen LogP contribution in [0.2, 0.25) is 0 Å². The molecule has 1 aromatic heterocycles. The summed E-state index contributed by atoms with van der Waals surface area (Å²) in [6.07, 6.45) is 0. The lowest BCUT2D eigenvalue weighted by molar-refractivity contribution is 0.282. The van der Waals surface area contributed by atoms with Crippen LogP contribution in [0.3, 0.4) is 0 Å². The van der Waals surface area contributed by atoms with Crippen LogP contribution in [0.5, 0.6) is 0 Å². The number of benzene rings is 2. The average Bonchev–Trinajstić information content (AvgIpc) is 2.84. The van der Waals surface area contributed by atoms with Gasteiger partial charge in [0.15, 0.2) is 5.58 Å². The average molecular weight is 285 g/mol. The minimum Gasteiger partial charge on any atom is -0.408 e. The molecule has 5 N–H and O–H groups in total. The molecule has 0 saturated heterocycles. The molecule has 0 spiro atoms. The maximum atomic E-state index is 11.1. The van der Waals surface area contributed by atoms with E-state index in [0.29, 0.717) is 23.3 Å². The second kappa shape index (κ2) is 5.34. The van der Waals surface area contributed by atoms with E-state index in [9.17, 15) is 4.79 Å². The molecule has 108 valence electrons. The van der Waals surface area contributed by atoms with E-state index in [-0.39, 0.29) is 6.61 Å². The summed E-state index contributed by atoms with van der Waals surface area (Å²) in [5.74, 6) is -0.499. The van der Waals surface area contributed by atoms with Gasteiger partial charge in [-0.05, 0) is 17.2 Å². The maximum absolute atomic E-state index is 11.1. The quantitative estimate of drug-likeness (QED) is 0.547. The lowest BCUT2D eigenvalue weighted by Crippen LogP contribution is -2.02. The molecule has 21 heavy (non-hydrogen) atoms. The molecule has 3 aromatic rings. The lowest BCUT2D eigenvalue weighted by Gasteiger charge is -2.09. The fourth-order valence-corrected chi connectivity index (χ4v) is 2.13. The van der Waals surface area contributed by atoms with Gasteiger partial charge >= 0.3 is 5.76 Å². The molecule has 0 amide bonds. The van der Waals surface area contributed by atoms with Crippen molar-refractivity contribution in [3.05, 3.63) is 58.1 Å². The number of nitrogens with two attached hydrogens (primary N) is 1. The van der Waals surface area contributed by atoms with Crippen molar-refractivity contribution in [1.82, 2.24) is 4.98 Å². The number of nitrogen functional groups attached to an aromatic ring is 1. The van der Waals surface area contributed by atoms with E-state index in [1.54, 1.807) is 12.1 Å². The highest BCUT2D eigenvalue weighted by molar-refractivity contribution is 5.85. The van der Waals surface area contributed by atoms with Crippen LogP contribution in [0.1, 0.15) is 11.1 Å². The SMILES string of the molecule is Nc1cc2oc(=O)[nH]c2cc1NCc1ccc(CO)cc1. The molecule has 6 nitrogen and oxygen atoms in total. The van der Waals surface area contributed by atoms with Gasteiger partial charge in [0.05, 0.1) is 23.5 Å². The summed E-state index contributed by atoms with van der Waals surface area (Å²) in [6, 6.07) is 11.0. The number of hydrogen-bond acceptors (Lipinski definition) is 5. The Morgan fingerprint density at radius 2 is 1.90 bits per heavy atom. The van der Waals surface area contributed by atoms with Crippen LogP contribution in [0, 0.1) is 0 Å². The highest BCUT2D eigenvalue weighted by Gasteiger charge is 2.06. The summed E-state index contributed by atoms with van der Waals surface area (Å²) in [6.45, 7) is 0.620. The van der Waals surface area contributed by atoms with Crippen molar-refractivity contribution < 1.29 is 9.52 Å². The molecule has 0 radical (unpaired) electrons. The van der Waals surface area contributed by atoms with Gasteiger partial charge in [0.1, 0.15) is 0 Å². The molecule has 0 atom stereocenters. The van der Waals surface area contributed by atoms with Crippen LogP contribution >= 0.6 is 0 Å². The first-order valence-corrected chi connectivity index (χ1v) is 6.50. The first-order chi connectivity index (χ1) is 10.2. The number of anilines is 2. The summed E-state index contributed by atoms with van der Waals surface area (Å²) in [5, 5.41) is 12.2. The van der Waals surface area contributed by atoms with E-state index in [1.807, 2.05) is 24.3 Å². The van der Waals surface area contributed by atoms with Crippen molar-refractivity contribution in [2.24, 2.45) is 0 Å². The van der Waals surface area contributed by atoms with Gasteiger partial charge in [-0.1, -0.05) is 24.3 Å². The first kappa shape index (κ1) is 13.3. The number of aliphatic hydroxyl groups is 1. The van der Waals surface area contributed by atoms with E-state index in [0.717, 1.165) is 16.8 Å². The number of H-pyrrole nitrogens is 1. The Labute approximate surface area is 120 Å². The molecule has 0 aliphatic carbocycles. The Morgan fingerprint density at radius 3 is 2.62 bits per heavy atom. The van der Waals surface area contributed by atoms with Gasteiger partial charge in [0, 0.05) is 12.6 Å². The van der Waals surface area contributed by atoms with E-state index >= 15 is 0 Å². The Morgan fingerprint density at radius 1 is 1.19 bits per heavy atom. The van der Waals surface area contributed by atoms with Crippen LogP contribution in [0.25, 0.3) is 11.1 Å². The van der Waals surface area contributed by atoms with Gasteiger partial charge < -0.3 is 20.6 Å². The van der Waals surface area contributed by atoms with Gasteiger partial charge in [-0.25, -0.2) is 4.79 Å². The number of aliphatic hydroxyl groups excluding tert-OH is 1. The van der Waals surface area contributed by atoms with E-state index in [4.69, 9.17) is 15.3 Å². The second-order valence-corrected chi connectivity index (χ2v) is 4.78. The van der Waals surface area contributed by atoms with Gasteiger partial charge in [-0.3, -0.25) is 4.98 Å². The standard InChI is InChI=1S/C15H15N3O3/c16-11-5-14-13(18-15(20)21-14)6-12(11)17-7-9-1-3-10(8-19)4-2-9/h1-6,17,19H,7-8,16H2,(H,18,20). The molecule has 6 heteroatoms. The van der Waals surface area contributed by atoms with Crippen molar-refractivity contribution in [2.45, 2.75) is 13.2 Å². The minimum atomic E-state index is -0.499. The summed E-state index contributed by atoms with van der Waals surface area (Å²) >= 11 is 0. The number of nitrogens with one attached hydrogen (secondary N) is 2. The van der Waals surface area contributed by atoms with Crippen molar-refractivity contribution in [1.29, 1.82) is 0 Å². The van der Waals surface area contributed by atoms with E-state index in [1.165, 1.54) is 0 Å². The molecule has 1 heterocycles. The lowest BCUT2D eigenvalue weighted by atomic mass is 10.1. The molecule has 0 aliphatic heterocycles. The van der Waals surface area contributed by atoms with Gasteiger partial charge in [0.2, 0.25) is 0 Å². The fraction of sp³-hybridized carbons (Fsp3) is 0.133. The molecular formula is C15H15N3O3. The van der Waals surface area contributed by atoms with Crippen molar-refractivity contribution >= 4 is 22.5 Å². The topological polar surface area (TPSA) is 104 Å². The van der Waals surface area contributed by atoms with Crippen LogP contribution < -0.4 is 16.8 Å². The van der Waals surface area contributed by atoms with Crippen LogP contribution in [-0.4, -0.2) is 10.1 Å². The van der Waals surface area contributed by atoms with Crippen LogP contribution in [-0.2, 0) is 13.2 Å². The summed E-state index contributed by atoms with van der Waals surface area (Å²) in [4.78, 5) is 13.7. The van der Waals surface area contributed by atoms with Gasteiger partial charge in [-0.2, -0.15) is 0 Å². The van der Waals surface area contributed by atoms with Gasteiger partial charge in [0.25, 0.3) is 0 Å². The predicted molar refractivity (Wildman–Crippen MR) is 80.9 cm³/mol. The minimum absolute atomic E-state index is 0.0329. The largest absolute Gasteiger partial charge is 0.417 e. The van der Waals surface area contributed by atoms with Crippen molar-refractivity contribution in [3.8, 4) is 0 Å². The highest BCUT2D eigenvalue weighted by atomic mass is 16.4. The zero-order chi connectivity index (χ0) is 14.8. The predicted octanol–water partition coefficient (Wildman–Crippen LogP) is 1.81. The number of rotatable bonds is 4. The zero-order valence-corrected chi connectivity index (χ0v) is 11.2. The third kappa shape index (κ3) is 2.75. The Balaban J connectivity index is 1.80. The fourth-order valence-electron chi connectivity index (χ4n) is 2.13. The Hall–Kier alpha value is -2.73. The molecule has 3 rings (SSSR count). The summed E-state index contributed by atoms with van der Waals surface area (Å²) in [5.41, 5.74) is 10.2. The molecule has 0 fully saturated rings. The summed E-state index contributed by atoms with van der Waals surface area (Å²) < 4.78 is 4.95. The highest BCUT2D eigenvalue weighted by Crippen LogP contribution is 2.24. The number of fused-ring (bicyclic) bond motifs is 1. The molecule has 0 aliphatic rings. The van der Waals surface area contributed by atoms with E-state index in [2.05, 4.69) is 10.3 Å².